The number of amides is 2. The molecule has 0 aromatic carbocycles. The number of halogens is 1. The van der Waals surface area contributed by atoms with Crippen molar-refractivity contribution in [3.63, 3.8) is 0 Å². The maximum Gasteiger partial charge on any atom is 0.246 e. The highest BCUT2D eigenvalue weighted by atomic mass is 35.5. The molecule has 1 saturated heterocycles. The van der Waals surface area contributed by atoms with E-state index in [1.807, 2.05) is 6.92 Å². The molecule has 112 valence electrons. The topological polar surface area (TPSA) is 107 Å². The lowest BCUT2D eigenvalue weighted by Crippen LogP contribution is -2.52. The molecule has 19 heavy (non-hydrogen) atoms. The minimum Gasteiger partial charge on any atom is -0.367 e. The summed E-state index contributed by atoms with van der Waals surface area (Å²) in [5.41, 5.74) is 10.2. The average molecular weight is 294 g/mol. The molecule has 3 unspecified atom stereocenters. The van der Waals surface area contributed by atoms with Crippen molar-refractivity contribution in [2.75, 3.05) is 6.54 Å². The van der Waals surface area contributed by atoms with E-state index in [0.717, 1.165) is 12.8 Å². The second kappa shape index (κ2) is 7.67. The van der Waals surface area contributed by atoms with Gasteiger partial charge in [-0.2, -0.15) is 0 Å². The third-order valence-corrected chi connectivity index (χ3v) is 3.20. The Balaban J connectivity index is 0.00000324. The van der Waals surface area contributed by atoms with Gasteiger partial charge in [0.2, 0.25) is 11.8 Å². The first-order valence-electron chi connectivity index (χ1n) is 6.38. The number of rotatable bonds is 6. The normalized spacial score (nSPS) is 25.2. The number of nitrogens with one attached hydrogen (secondary N) is 1. The summed E-state index contributed by atoms with van der Waals surface area (Å²) in [5.74, 6) is -0.631. The monoisotopic (exact) mass is 293 g/mol. The van der Waals surface area contributed by atoms with Gasteiger partial charge in [-0.3, -0.25) is 9.59 Å². The molecule has 3 atom stereocenters. The highest BCUT2D eigenvalue weighted by Gasteiger charge is 2.31. The van der Waals surface area contributed by atoms with Crippen molar-refractivity contribution >= 4 is 24.2 Å². The first kappa shape index (κ1) is 18.1. The second-order valence-corrected chi connectivity index (χ2v) is 5.10. The molecule has 0 spiro atoms. The molecule has 0 radical (unpaired) electrons. The minimum atomic E-state index is -0.851. The molecule has 1 heterocycles. The molecule has 6 nitrogen and oxygen atoms in total. The predicted molar refractivity (Wildman–Crippen MR) is 74.8 cm³/mol. The van der Waals surface area contributed by atoms with Crippen LogP contribution < -0.4 is 16.8 Å². The van der Waals surface area contributed by atoms with Crippen molar-refractivity contribution in [3.05, 3.63) is 0 Å². The van der Waals surface area contributed by atoms with Crippen LogP contribution in [0.3, 0.4) is 0 Å². The maximum atomic E-state index is 11.8. The van der Waals surface area contributed by atoms with Gasteiger partial charge >= 0.3 is 0 Å². The highest BCUT2D eigenvalue weighted by molar-refractivity contribution is 5.85. The molecule has 1 rings (SSSR count). The minimum absolute atomic E-state index is 0. The molecule has 0 aromatic rings. The van der Waals surface area contributed by atoms with Gasteiger partial charge < -0.3 is 21.5 Å². The van der Waals surface area contributed by atoms with Gasteiger partial charge in [-0.1, -0.05) is 13.3 Å². The van der Waals surface area contributed by atoms with Gasteiger partial charge in [0, 0.05) is 6.54 Å². The molecule has 5 N–H and O–H groups in total. The van der Waals surface area contributed by atoms with E-state index >= 15 is 0 Å². The summed E-state index contributed by atoms with van der Waals surface area (Å²) in [6.07, 6.45) is 2.15. The van der Waals surface area contributed by atoms with Gasteiger partial charge in [-0.25, -0.2) is 0 Å². The van der Waals surface area contributed by atoms with Crippen LogP contribution in [0.25, 0.3) is 0 Å². The molecule has 1 fully saturated rings. The summed E-state index contributed by atoms with van der Waals surface area (Å²) in [7, 11) is 0. The molecular weight excluding hydrogens is 270 g/mol. The van der Waals surface area contributed by atoms with E-state index in [1.165, 1.54) is 0 Å². The van der Waals surface area contributed by atoms with Crippen molar-refractivity contribution in [1.29, 1.82) is 0 Å². The fraction of sp³-hybridized carbons (Fsp3) is 0.833. The average Bonchev–Trinajstić information content (AvgIpc) is 2.74. The van der Waals surface area contributed by atoms with E-state index < -0.39 is 17.6 Å². The Hall–Kier alpha value is -0.850. The molecule has 0 aromatic heterocycles. The number of primary amides is 1. The SMILES string of the molecule is CCCC(C)(N)C(=O)NCC1CCC(C(N)=O)O1.Cl. The van der Waals surface area contributed by atoms with Gasteiger partial charge in [0.1, 0.15) is 6.10 Å². The van der Waals surface area contributed by atoms with Crippen molar-refractivity contribution in [2.45, 2.75) is 57.3 Å². The van der Waals surface area contributed by atoms with Crippen LogP contribution in [0.15, 0.2) is 0 Å². The van der Waals surface area contributed by atoms with Crippen molar-refractivity contribution in [2.24, 2.45) is 11.5 Å². The lowest BCUT2D eigenvalue weighted by molar-refractivity contribution is -0.129. The van der Waals surface area contributed by atoms with Gasteiger partial charge in [-0.05, 0) is 26.2 Å². The van der Waals surface area contributed by atoms with Crippen LogP contribution in [0.1, 0.15) is 39.5 Å². The van der Waals surface area contributed by atoms with Crippen LogP contribution >= 0.6 is 12.4 Å². The molecule has 7 heteroatoms. The maximum absolute atomic E-state index is 11.8. The number of ether oxygens (including phenoxy) is 1. The Morgan fingerprint density at radius 1 is 1.42 bits per heavy atom. The second-order valence-electron chi connectivity index (χ2n) is 5.10. The number of carbonyl (C=O) groups is 2. The zero-order chi connectivity index (χ0) is 13.8. The molecule has 2 amide bonds. The van der Waals surface area contributed by atoms with Gasteiger partial charge in [0.05, 0.1) is 11.6 Å². The zero-order valence-corrected chi connectivity index (χ0v) is 12.3. The van der Waals surface area contributed by atoms with Crippen molar-refractivity contribution in [1.82, 2.24) is 5.32 Å². The summed E-state index contributed by atoms with van der Waals surface area (Å²) in [4.78, 5) is 22.8. The smallest absolute Gasteiger partial charge is 0.246 e. The summed E-state index contributed by atoms with van der Waals surface area (Å²) in [6, 6.07) is 0. The molecule has 0 saturated carbocycles. The summed E-state index contributed by atoms with van der Waals surface area (Å²) in [6.45, 7) is 4.07. The third-order valence-electron chi connectivity index (χ3n) is 3.20. The molecule has 1 aliphatic rings. The summed E-state index contributed by atoms with van der Waals surface area (Å²) in [5, 5.41) is 2.77. The first-order chi connectivity index (χ1) is 8.36. The lowest BCUT2D eigenvalue weighted by Gasteiger charge is -2.23. The van der Waals surface area contributed by atoms with Crippen LogP contribution in [0, 0.1) is 0 Å². The highest BCUT2D eigenvalue weighted by Crippen LogP contribution is 2.19. The van der Waals surface area contributed by atoms with Gasteiger partial charge in [0.25, 0.3) is 0 Å². The van der Waals surface area contributed by atoms with Gasteiger partial charge in [0.15, 0.2) is 0 Å². The van der Waals surface area contributed by atoms with Crippen LogP contribution in [-0.4, -0.2) is 36.1 Å². The Kier molecular flexibility index (Phi) is 7.33. The fourth-order valence-corrected chi connectivity index (χ4v) is 2.11. The lowest BCUT2D eigenvalue weighted by atomic mass is 9.96. The number of carbonyl (C=O) groups excluding carboxylic acids is 2. The van der Waals surface area contributed by atoms with Crippen LogP contribution in [0.4, 0.5) is 0 Å². The van der Waals surface area contributed by atoms with Crippen molar-refractivity contribution < 1.29 is 14.3 Å². The zero-order valence-electron chi connectivity index (χ0n) is 11.5. The summed E-state index contributed by atoms with van der Waals surface area (Å²) < 4.78 is 5.42. The Bertz CT molecular complexity index is 323. The van der Waals surface area contributed by atoms with E-state index in [1.54, 1.807) is 6.92 Å². The number of hydrogen-bond acceptors (Lipinski definition) is 4. The standard InChI is InChI=1S/C12H23N3O3.ClH/c1-3-6-12(2,14)11(17)15-7-8-4-5-9(18-8)10(13)16;/h8-9H,3-7,14H2,1-2H3,(H2,13,16)(H,15,17);1H. The van der Waals surface area contributed by atoms with Crippen molar-refractivity contribution in [3.8, 4) is 0 Å². The molecular formula is C12H24ClN3O3. The largest absolute Gasteiger partial charge is 0.367 e. The molecule has 1 aliphatic heterocycles. The molecule has 0 bridgehead atoms. The van der Waals surface area contributed by atoms with E-state index in [-0.39, 0.29) is 24.4 Å². The summed E-state index contributed by atoms with van der Waals surface area (Å²) >= 11 is 0. The van der Waals surface area contributed by atoms with E-state index in [4.69, 9.17) is 16.2 Å². The Morgan fingerprint density at radius 2 is 2.05 bits per heavy atom. The molecule has 0 aliphatic carbocycles. The van der Waals surface area contributed by atoms with E-state index in [2.05, 4.69) is 5.32 Å². The Labute approximate surface area is 120 Å². The van der Waals surface area contributed by atoms with Gasteiger partial charge in [-0.15, -0.1) is 12.4 Å². The quantitative estimate of drug-likeness (QED) is 0.644. The Morgan fingerprint density at radius 3 is 2.53 bits per heavy atom. The first-order valence-corrected chi connectivity index (χ1v) is 6.38. The predicted octanol–water partition coefficient (Wildman–Crippen LogP) is 0.0748. The van der Waals surface area contributed by atoms with Crippen LogP contribution in [-0.2, 0) is 14.3 Å². The van der Waals surface area contributed by atoms with E-state index in [9.17, 15) is 9.59 Å². The van der Waals surface area contributed by atoms with Crippen LogP contribution in [0.5, 0.6) is 0 Å². The fourth-order valence-electron chi connectivity index (χ4n) is 2.11. The number of hydrogen-bond donors (Lipinski definition) is 3. The van der Waals surface area contributed by atoms with Crippen LogP contribution in [0.2, 0.25) is 0 Å². The van der Waals surface area contributed by atoms with E-state index in [0.29, 0.717) is 19.4 Å². The third kappa shape index (κ3) is 5.34. The number of nitrogens with two attached hydrogens (primary N) is 2.